The van der Waals surface area contributed by atoms with Gasteiger partial charge in [-0.25, -0.2) is 4.98 Å². The molecule has 0 saturated carbocycles. The Morgan fingerprint density at radius 3 is 2.31 bits per heavy atom. The number of nitrogens with zero attached hydrogens (tertiary/aromatic N) is 3. The Kier molecular flexibility index (Phi) is 2.81. The lowest BCUT2D eigenvalue weighted by Gasteiger charge is -2.02. The van der Waals surface area contributed by atoms with E-state index in [1.54, 1.807) is 23.0 Å². The summed E-state index contributed by atoms with van der Waals surface area (Å²) in [6.07, 6.45) is 0. The Balaban J connectivity index is 2.35. The van der Waals surface area contributed by atoms with Crippen LogP contribution in [0.5, 0.6) is 11.6 Å². The van der Waals surface area contributed by atoms with Gasteiger partial charge in [-0.05, 0) is 18.2 Å². The van der Waals surface area contributed by atoms with Crippen molar-refractivity contribution in [1.82, 2.24) is 4.98 Å². The lowest BCUT2D eigenvalue weighted by molar-refractivity contribution is 0.466. The largest absolute Gasteiger partial charge is 0.438 e. The molecule has 5 heteroatoms. The van der Waals surface area contributed by atoms with E-state index in [0.717, 1.165) is 0 Å². The van der Waals surface area contributed by atoms with E-state index in [-0.39, 0.29) is 0 Å². The highest BCUT2D eigenvalue weighted by Crippen LogP contribution is 2.23. The minimum absolute atomic E-state index is 0.393. The van der Waals surface area contributed by atoms with Crippen LogP contribution in [0.2, 0.25) is 0 Å². The second-order valence-corrected chi connectivity index (χ2v) is 3.62. The van der Waals surface area contributed by atoms with E-state index in [0.29, 0.717) is 22.8 Å². The number of benzene rings is 1. The van der Waals surface area contributed by atoms with Crippen molar-refractivity contribution < 1.29 is 4.74 Å². The van der Waals surface area contributed by atoms with Gasteiger partial charge in [0.15, 0.2) is 0 Å². The van der Waals surface area contributed by atoms with E-state index < -0.39 is 0 Å². The standard InChI is InChI=1S/C11H5N3OS/c12-4-8-1-9(5-13)3-10(2-8)15-11-6-16-7-14-11/h1-3,6-7H. The monoisotopic (exact) mass is 227 g/mol. The zero-order valence-electron chi connectivity index (χ0n) is 8.04. The van der Waals surface area contributed by atoms with Gasteiger partial charge in [0.2, 0.25) is 5.88 Å². The van der Waals surface area contributed by atoms with E-state index in [2.05, 4.69) is 4.98 Å². The molecule has 2 aromatic rings. The van der Waals surface area contributed by atoms with Crippen LogP contribution >= 0.6 is 11.3 Å². The summed E-state index contributed by atoms with van der Waals surface area (Å²) < 4.78 is 5.40. The van der Waals surface area contributed by atoms with Crippen LogP contribution in [0.4, 0.5) is 0 Å². The molecule has 0 saturated heterocycles. The highest BCUT2D eigenvalue weighted by atomic mass is 32.1. The van der Waals surface area contributed by atoms with Gasteiger partial charge >= 0.3 is 0 Å². The van der Waals surface area contributed by atoms with Crippen molar-refractivity contribution in [2.24, 2.45) is 0 Å². The zero-order valence-corrected chi connectivity index (χ0v) is 8.86. The Hall–Kier alpha value is -2.37. The molecule has 2 rings (SSSR count). The number of hydrogen-bond acceptors (Lipinski definition) is 5. The average molecular weight is 227 g/mol. The maximum Gasteiger partial charge on any atom is 0.230 e. The number of aromatic nitrogens is 1. The number of thiazole rings is 1. The second-order valence-electron chi connectivity index (χ2n) is 2.90. The normalized spacial score (nSPS) is 9.12. The Bertz CT molecular complexity index is 546. The highest BCUT2D eigenvalue weighted by Gasteiger charge is 2.03. The van der Waals surface area contributed by atoms with Crippen molar-refractivity contribution in [2.45, 2.75) is 0 Å². The predicted octanol–water partition coefficient (Wildman–Crippen LogP) is 2.68. The number of rotatable bonds is 2. The van der Waals surface area contributed by atoms with Gasteiger partial charge in [-0.2, -0.15) is 10.5 Å². The van der Waals surface area contributed by atoms with Crippen LogP contribution in [-0.4, -0.2) is 4.98 Å². The fraction of sp³-hybridized carbons (Fsp3) is 0. The molecule has 0 fully saturated rings. The summed E-state index contributed by atoms with van der Waals surface area (Å²) in [5.41, 5.74) is 2.43. The third-order valence-electron chi connectivity index (χ3n) is 1.80. The molecule has 0 aliphatic rings. The van der Waals surface area contributed by atoms with Gasteiger partial charge < -0.3 is 4.74 Å². The van der Waals surface area contributed by atoms with Gasteiger partial charge in [0.25, 0.3) is 0 Å². The van der Waals surface area contributed by atoms with Crippen LogP contribution in [0.3, 0.4) is 0 Å². The summed E-state index contributed by atoms with van der Waals surface area (Å²) in [6, 6.07) is 8.59. The molecule has 1 aromatic heterocycles. The number of hydrogen-bond donors (Lipinski definition) is 0. The molecule has 1 heterocycles. The maximum atomic E-state index is 8.78. The lowest BCUT2D eigenvalue weighted by atomic mass is 10.1. The molecule has 0 bridgehead atoms. The molecule has 0 atom stereocenters. The first-order chi connectivity index (χ1) is 7.81. The van der Waals surface area contributed by atoms with Gasteiger partial charge in [0, 0.05) is 0 Å². The molecule has 0 aliphatic carbocycles. The van der Waals surface area contributed by atoms with Gasteiger partial charge in [-0.3, -0.25) is 0 Å². The van der Waals surface area contributed by atoms with Gasteiger partial charge in [-0.15, -0.1) is 11.3 Å². The van der Waals surface area contributed by atoms with Crippen molar-refractivity contribution in [3.8, 4) is 23.8 Å². The Morgan fingerprint density at radius 2 is 1.81 bits per heavy atom. The van der Waals surface area contributed by atoms with Crippen molar-refractivity contribution in [3.63, 3.8) is 0 Å². The quantitative estimate of drug-likeness (QED) is 0.790. The van der Waals surface area contributed by atoms with E-state index in [1.165, 1.54) is 17.4 Å². The third-order valence-corrected chi connectivity index (χ3v) is 2.36. The highest BCUT2D eigenvalue weighted by molar-refractivity contribution is 7.07. The predicted molar refractivity (Wildman–Crippen MR) is 58.1 cm³/mol. The van der Waals surface area contributed by atoms with Crippen LogP contribution < -0.4 is 4.74 Å². The van der Waals surface area contributed by atoms with E-state index in [4.69, 9.17) is 15.3 Å². The van der Waals surface area contributed by atoms with Crippen LogP contribution in [0, 0.1) is 22.7 Å². The van der Waals surface area contributed by atoms with Crippen molar-refractivity contribution in [2.75, 3.05) is 0 Å². The smallest absolute Gasteiger partial charge is 0.230 e. The maximum absolute atomic E-state index is 8.78. The summed E-state index contributed by atoms with van der Waals surface area (Å²) in [4.78, 5) is 3.95. The fourth-order valence-electron chi connectivity index (χ4n) is 1.16. The average Bonchev–Trinajstić information content (AvgIpc) is 2.81. The van der Waals surface area contributed by atoms with Gasteiger partial charge in [0.1, 0.15) is 5.75 Å². The van der Waals surface area contributed by atoms with Crippen molar-refractivity contribution in [1.29, 1.82) is 10.5 Å². The van der Waals surface area contributed by atoms with Crippen LogP contribution in [0.25, 0.3) is 0 Å². The van der Waals surface area contributed by atoms with Crippen LogP contribution in [0.15, 0.2) is 29.1 Å². The summed E-state index contributed by atoms with van der Waals surface area (Å²) >= 11 is 1.41. The van der Waals surface area contributed by atoms with Crippen LogP contribution in [0.1, 0.15) is 11.1 Å². The molecule has 0 amide bonds. The molecular weight excluding hydrogens is 222 g/mol. The number of nitriles is 2. The first kappa shape index (κ1) is 10.2. The molecule has 1 aromatic carbocycles. The van der Waals surface area contributed by atoms with E-state index >= 15 is 0 Å². The van der Waals surface area contributed by atoms with E-state index in [9.17, 15) is 0 Å². The minimum atomic E-state index is 0.393. The van der Waals surface area contributed by atoms with Crippen molar-refractivity contribution in [3.05, 3.63) is 40.2 Å². The van der Waals surface area contributed by atoms with E-state index in [1.807, 2.05) is 12.1 Å². The summed E-state index contributed by atoms with van der Waals surface area (Å²) in [5, 5.41) is 19.3. The second kappa shape index (κ2) is 4.43. The molecule has 0 aliphatic heterocycles. The molecule has 0 unspecified atom stereocenters. The minimum Gasteiger partial charge on any atom is -0.438 e. The molecule has 16 heavy (non-hydrogen) atoms. The van der Waals surface area contributed by atoms with Crippen molar-refractivity contribution >= 4 is 11.3 Å². The Morgan fingerprint density at radius 1 is 1.12 bits per heavy atom. The molecule has 0 N–H and O–H groups in total. The summed E-state index contributed by atoms with van der Waals surface area (Å²) in [7, 11) is 0. The van der Waals surface area contributed by atoms with Gasteiger partial charge in [0.05, 0.1) is 34.2 Å². The Labute approximate surface area is 96.0 Å². The lowest BCUT2D eigenvalue weighted by Crippen LogP contribution is -1.87. The third kappa shape index (κ3) is 2.17. The molecule has 0 radical (unpaired) electrons. The van der Waals surface area contributed by atoms with Gasteiger partial charge in [-0.1, -0.05) is 0 Å². The number of ether oxygens (including phenoxy) is 1. The fourth-order valence-corrected chi connectivity index (χ4v) is 1.61. The zero-order chi connectivity index (χ0) is 11.4. The first-order valence-corrected chi connectivity index (χ1v) is 5.27. The topological polar surface area (TPSA) is 69.7 Å². The van der Waals surface area contributed by atoms with Crippen LogP contribution in [-0.2, 0) is 0 Å². The summed E-state index contributed by atoms with van der Waals surface area (Å²) in [6.45, 7) is 0. The summed E-state index contributed by atoms with van der Waals surface area (Å²) in [5.74, 6) is 0.908. The first-order valence-electron chi connectivity index (χ1n) is 4.33. The SMILES string of the molecule is N#Cc1cc(C#N)cc(Oc2cscn2)c1. The molecule has 76 valence electrons. The molecular formula is C11H5N3OS. The molecule has 4 nitrogen and oxygen atoms in total. The molecule has 0 spiro atoms.